The number of amides is 4. The zero-order valence-corrected chi connectivity index (χ0v) is 13.4. The van der Waals surface area contributed by atoms with Gasteiger partial charge in [0.2, 0.25) is 11.8 Å². The first-order chi connectivity index (χ1) is 11.9. The van der Waals surface area contributed by atoms with E-state index >= 15 is 0 Å². The van der Waals surface area contributed by atoms with Gasteiger partial charge in [-0.25, -0.2) is 9.59 Å². The Labute approximate surface area is 142 Å². The second-order valence-corrected chi connectivity index (χ2v) is 6.19. The number of likely N-dealkylation sites (tertiary alicyclic amines) is 1. The molecule has 2 fully saturated rings. The largest absolute Gasteiger partial charge is 0.476 e. The Bertz CT molecular complexity index is 716. The third kappa shape index (κ3) is 3.92. The van der Waals surface area contributed by atoms with E-state index in [1.54, 1.807) is 4.90 Å². The van der Waals surface area contributed by atoms with Crippen molar-refractivity contribution < 1.29 is 24.3 Å². The number of piperidine rings is 1. The number of carboxylic acids is 1. The summed E-state index contributed by atoms with van der Waals surface area (Å²) in [5.41, 5.74) is -0.117. The van der Waals surface area contributed by atoms with Gasteiger partial charge in [0.1, 0.15) is 13.1 Å². The number of urea groups is 1. The Morgan fingerprint density at radius 2 is 2.16 bits per heavy atom. The fourth-order valence-corrected chi connectivity index (χ4v) is 3.06. The van der Waals surface area contributed by atoms with Crippen LogP contribution in [0.5, 0.6) is 0 Å². The maximum Gasteiger partial charge on any atom is 0.358 e. The fourth-order valence-electron chi connectivity index (χ4n) is 3.06. The Kier molecular flexibility index (Phi) is 4.63. The predicted octanol–water partition coefficient (Wildman–Crippen LogP) is -1.23. The summed E-state index contributed by atoms with van der Waals surface area (Å²) < 4.78 is 1.47. The molecule has 2 saturated heterocycles. The number of aromatic nitrogens is 3. The van der Waals surface area contributed by atoms with Crippen molar-refractivity contribution in [2.24, 2.45) is 5.92 Å². The van der Waals surface area contributed by atoms with Crippen LogP contribution in [0, 0.1) is 5.92 Å². The first-order valence-corrected chi connectivity index (χ1v) is 7.92. The number of hydrogen-bond acceptors (Lipinski definition) is 6. The summed E-state index contributed by atoms with van der Waals surface area (Å²) >= 11 is 0. The smallest absolute Gasteiger partial charge is 0.358 e. The van der Waals surface area contributed by atoms with Crippen LogP contribution in [-0.4, -0.2) is 79.9 Å². The van der Waals surface area contributed by atoms with Crippen LogP contribution in [0.3, 0.4) is 0 Å². The second kappa shape index (κ2) is 6.87. The van der Waals surface area contributed by atoms with E-state index in [4.69, 9.17) is 5.11 Å². The molecule has 4 amide bonds. The Morgan fingerprint density at radius 1 is 1.36 bits per heavy atom. The van der Waals surface area contributed by atoms with E-state index in [1.807, 2.05) is 0 Å². The van der Waals surface area contributed by atoms with Gasteiger partial charge < -0.3 is 14.9 Å². The summed E-state index contributed by atoms with van der Waals surface area (Å²) in [6.45, 7) is 1.32. The Hall–Kier alpha value is -2.98. The average Bonchev–Trinajstić information content (AvgIpc) is 3.14. The Balaban J connectivity index is 1.55. The van der Waals surface area contributed by atoms with Crippen molar-refractivity contribution in [1.29, 1.82) is 0 Å². The molecule has 11 nitrogen and oxygen atoms in total. The maximum absolute atomic E-state index is 12.4. The van der Waals surface area contributed by atoms with E-state index in [2.05, 4.69) is 15.6 Å². The van der Waals surface area contributed by atoms with Gasteiger partial charge in [-0.05, 0) is 18.8 Å². The SMILES string of the molecule is O=C1CN(CC(=O)N2CCC[C@@H](Cn3cc(C(=O)O)nn3)C2)C(=O)N1. The molecular weight excluding hydrogens is 332 g/mol. The number of carbonyl (C=O) groups excluding carboxylic acids is 3. The third-order valence-electron chi connectivity index (χ3n) is 4.27. The molecule has 1 atom stereocenters. The van der Waals surface area contributed by atoms with Crippen molar-refractivity contribution in [1.82, 2.24) is 30.1 Å². The molecule has 2 aliphatic heterocycles. The molecule has 2 aliphatic rings. The van der Waals surface area contributed by atoms with Gasteiger partial charge in [-0.1, -0.05) is 5.21 Å². The monoisotopic (exact) mass is 350 g/mol. The molecule has 0 unspecified atom stereocenters. The lowest BCUT2D eigenvalue weighted by atomic mass is 9.98. The predicted molar refractivity (Wildman–Crippen MR) is 81.4 cm³/mol. The summed E-state index contributed by atoms with van der Waals surface area (Å²) in [6.07, 6.45) is 3.06. The van der Waals surface area contributed by atoms with Crippen molar-refractivity contribution in [2.75, 3.05) is 26.2 Å². The molecule has 134 valence electrons. The first-order valence-electron chi connectivity index (χ1n) is 7.92. The van der Waals surface area contributed by atoms with Gasteiger partial charge in [-0.15, -0.1) is 5.10 Å². The van der Waals surface area contributed by atoms with Crippen LogP contribution in [0.1, 0.15) is 23.3 Å². The molecule has 0 aliphatic carbocycles. The van der Waals surface area contributed by atoms with Gasteiger partial charge in [0, 0.05) is 19.6 Å². The van der Waals surface area contributed by atoms with E-state index in [9.17, 15) is 19.2 Å². The average molecular weight is 350 g/mol. The molecule has 2 N–H and O–H groups in total. The van der Waals surface area contributed by atoms with Crippen molar-refractivity contribution in [3.8, 4) is 0 Å². The molecule has 1 aromatic rings. The van der Waals surface area contributed by atoms with Crippen LogP contribution in [0.15, 0.2) is 6.20 Å². The second-order valence-electron chi connectivity index (χ2n) is 6.19. The molecule has 1 aromatic heterocycles. The summed E-state index contributed by atoms with van der Waals surface area (Å²) in [6, 6.07) is -0.546. The van der Waals surface area contributed by atoms with E-state index in [1.165, 1.54) is 15.8 Å². The lowest BCUT2D eigenvalue weighted by Gasteiger charge is -2.33. The highest BCUT2D eigenvalue weighted by atomic mass is 16.4. The summed E-state index contributed by atoms with van der Waals surface area (Å²) in [5, 5.41) is 18.4. The molecule has 11 heteroatoms. The quantitative estimate of drug-likeness (QED) is 0.634. The highest BCUT2D eigenvalue weighted by molar-refractivity contribution is 6.03. The van der Waals surface area contributed by atoms with E-state index in [-0.39, 0.29) is 30.6 Å². The van der Waals surface area contributed by atoms with Gasteiger partial charge >= 0.3 is 12.0 Å². The van der Waals surface area contributed by atoms with Crippen LogP contribution in [0.2, 0.25) is 0 Å². The van der Waals surface area contributed by atoms with Crippen molar-refractivity contribution in [3.63, 3.8) is 0 Å². The zero-order chi connectivity index (χ0) is 18.0. The topological polar surface area (TPSA) is 138 Å². The lowest BCUT2D eigenvalue weighted by molar-refractivity contribution is -0.133. The summed E-state index contributed by atoms with van der Waals surface area (Å²) in [4.78, 5) is 48.8. The van der Waals surface area contributed by atoms with Gasteiger partial charge in [0.25, 0.3) is 0 Å². The highest BCUT2D eigenvalue weighted by Gasteiger charge is 2.31. The third-order valence-corrected chi connectivity index (χ3v) is 4.27. The van der Waals surface area contributed by atoms with Crippen LogP contribution in [0.4, 0.5) is 4.79 Å². The fraction of sp³-hybridized carbons (Fsp3) is 0.571. The molecule has 0 spiro atoms. The number of carbonyl (C=O) groups is 4. The summed E-state index contributed by atoms with van der Waals surface area (Å²) in [7, 11) is 0. The number of nitrogens with zero attached hydrogens (tertiary/aromatic N) is 5. The number of carboxylic acid groups (broad SMARTS) is 1. The van der Waals surface area contributed by atoms with Gasteiger partial charge in [-0.2, -0.15) is 0 Å². The minimum Gasteiger partial charge on any atom is -0.476 e. The van der Waals surface area contributed by atoms with Gasteiger partial charge in [0.05, 0.1) is 6.20 Å². The molecule has 3 heterocycles. The van der Waals surface area contributed by atoms with Gasteiger partial charge in [0.15, 0.2) is 5.69 Å². The van der Waals surface area contributed by atoms with Crippen molar-refractivity contribution in [2.45, 2.75) is 19.4 Å². The number of hydrogen-bond donors (Lipinski definition) is 2. The minimum absolute atomic E-state index is 0.0984. The summed E-state index contributed by atoms with van der Waals surface area (Å²) in [5.74, 6) is -1.63. The number of nitrogens with one attached hydrogen (secondary N) is 1. The molecule has 3 rings (SSSR count). The standard InChI is InChI=1S/C14H18N6O5/c21-11-7-19(14(25)15-11)8-12(22)18-3-1-2-9(4-18)5-20-6-10(13(23)24)16-17-20/h6,9H,1-5,7-8H2,(H,23,24)(H,15,21,25)/t9-/m1/s1. The van der Waals surface area contributed by atoms with Crippen LogP contribution in [0.25, 0.3) is 0 Å². The van der Waals surface area contributed by atoms with Crippen molar-refractivity contribution in [3.05, 3.63) is 11.9 Å². The number of rotatable bonds is 5. The zero-order valence-electron chi connectivity index (χ0n) is 13.4. The first kappa shape index (κ1) is 16.9. The van der Waals surface area contributed by atoms with Crippen molar-refractivity contribution >= 4 is 23.8 Å². The highest BCUT2D eigenvalue weighted by Crippen LogP contribution is 2.18. The minimum atomic E-state index is -1.13. The van der Waals surface area contributed by atoms with Crippen LogP contribution < -0.4 is 5.32 Å². The number of aromatic carboxylic acids is 1. The normalized spacial score (nSPS) is 20.7. The lowest BCUT2D eigenvalue weighted by Crippen LogP contribution is -2.46. The van der Waals surface area contributed by atoms with Crippen LogP contribution >= 0.6 is 0 Å². The number of imide groups is 1. The molecule has 25 heavy (non-hydrogen) atoms. The van der Waals surface area contributed by atoms with Gasteiger partial charge in [-0.3, -0.25) is 19.6 Å². The van der Waals surface area contributed by atoms with E-state index < -0.39 is 17.9 Å². The molecule has 0 bridgehead atoms. The van der Waals surface area contributed by atoms with E-state index in [0.717, 1.165) is 12.8 Å². The maximum atomic E-state index is 12.4. The Morgan fingerprint density at radius 3 is 2.80 bits per heavy atom. The molecule has 0 radical (unpaired) electrons. The van der Waals surface area contributed by atoms with E-state index in [0.29, 0.717) is 19.6 Å². The molecule has 0 aromatic carbocycles. The molecular formula is C14H18N6O5. The molecule has 0 saturated carbocycles. The van der Waals surface area contributed by atoms with Crippen LogP contribution in [-0.2, 0) is 16.1 Å².